The van der Waals surface area contributed by atoms with Gasteiger partial charge in [-0.3, -0.25) is 14.4 Å². The van der Waals surface area contributed by atoms with Crippen molar-refractivity contribution < 1.29 is 23.5 Å². The highest BCUT2D eigenvalue weighted by molar-refractivity contribution is 5.93. The number of hydrogen-bond acceptors (Lipinski definition) is 5. The predicted octanol–water partition coefficient (Wildman–Crippen LogP) is 2.58. The van der Waals surface area contributed by atoms with Gasteiger partial charge in [-0.2, -0.15) is 0 Å². The fourth-order valence-electron chi connectivity index (χ4n) is 2.83. The van der Waals surface area contributed by atoms with Crippen molar-refractivity contribution in [1.82, 2.24) is 10.6 Å². The van der Waals surface area contributed by atoms with E-state index in [2.05, 4.69) is 10.6 Å². The third kappa shape index (κ3) is 4.76. The van der Waals surface area contributed by atoms with Crippen LogP contribution in [0.5, 0.6) is 0 Å². The van der Waals surface area contributed by atoms with Gasteiger partial charge in [0.05, 0.1) is 12.3 Å². The van der Waals surface area contributed by atoms with E-state index in [0.29, 0.717) is 0 Å². The number of esters is 1. The minimum Gasteiger partial charge on any atom is -0.459 e. The number of nitrogens with one attached hydrogen (secondary N) is 2. The van der Waals surface area contributed by atoms with Gasteiger partial charge in [0.2, 0.25) is 0 Å². The molecule has 2 amide bonds. The van der Waals surface area contributed by atoms with Gasteiger partial charge in [0.15, 0.2) is 12.4 Å². The number of fused-ring (bicyclic) bond motifs is 1. The van der Waals surface area contributed by atoms with Crippen LogP contribution in [0.15, 0.2) is 65.3 Å². The topological polar surface area (TPSA) is 97.6 Å². The normalized spacial score (nSPS) is 11.6. The van der Waals surface area contributed by atoms with Crippen LogP contribution in [0, 0.1) is 0 Å². The van der Waals surface area contributed by atoms with Gasteiger partial charge in [0.1, 0.15) is 6.54 Å². The van der Waals surface area contributed by atoms with Crippen LogP contribution in [0.1, 0.15) is 29.1 Å². The smallest absolute Gasteiger partial charge is 0.325 e. The van der Waals surface area contributed by atoms with Crippen LogP contribution in [0.4, 0.5) is 0 Å². The largest absolute Gasteiger partial charge is 0.459 e. The molecule has 1 aromatic heterocycles. The predicted molar refractivity (Wildman–Crippen MR) is 103 cm³/mol. The van der Waals surface area contributed by atoms with E-state index < -0.39 is 24.4 Å². The molecule has 2 N–H and O–H groups in total. The molecule has 0 saturated carbocycles. The Morgan fingerprint density at radius 3 is 2.61 bits per heavy atom. The molecule has 0 aliphatic carbocycles. The Hall–Kier alpha value is -3.61. The number of rotatable bonds is 7. The summed E-state index contributed by atoms with van der Waals surface area (Å²) in [6.45, 7) is 1.08. The van der Waals surface area contributed by atoms with Crippen molar-refractivity contribution in [3.8, 4) is 0 Å². The van der Waals surface area contributed by atoms with E-state index in [1.807, 2.05) is 49.4 Å². The zero-order chi connectivity index (χ0) is 19.9. The zero-order valence-electron chi connectivity index (χ0n) is 15.3. The average molecular weight is 380 g/mol. The van der Waals surface area contributed by atoms with Gasteiger partial charge in [-0.1, -0.05) is 42.5 Å². The molecular weight excluding hydrogens is 360 g/mol. The first-order valence-corrected chi connectivity index (χ1v) is 8.79. The molecule has 0 radical (unpaired) electrons. The first-order chi connectivity index (χ1) is 13.5. The van der Waals surface area contributed by atoms with Gasteiger partial charge in [0.25, 0.3) is 11.8 Å². The summed E-state index contributed by atoms with van der Waals surface area (Å²) in [5.74, 6) is -1.58. The summed E-state index contributed by atoms with van der Waals surface area (Å²) < 4.78 is 9.81. The maximum atomic E-state index is 12.1. The molecule has 7 nitrogen and oxygen atoms in total. The summed E-state index contributed by atoms with van der Waals surface area (Å²) in [6.07, 6.45) is 1.36. The van der Waals surface area contributed by atoms with Gasteiger partial charge < -0.3 is 19.8 Å². The molecule has 2 aromatic carbocycles. The Morgan fingerprint density at radius 2 is 1.82 bits per heavy atom. The van der Waals surface area contributed by atoms with Crippen LogP contribution in [0.25, 0.3) is 10.8 Å². The maximum absolute atomic E-state index is 12.1. The summed E-state index contributed by atoms with van der Waals surface area (Å²) in [7, 11) is 0. The highest BCUT2D eigenvalue weighted by Gasteiger charge is 2.15. The first-order valence-electron chi connectivity index (χ1n) is 8.79. The average Bonchev–Trinajstić information content (AvgIpc) is 3.25. The Labute approximate surface area is 161 Å². The molecule has 28 heavy (non-hydrogen) atoms. The number of carbonyl (C=O) groups excluding carboxylic acids is 3. The van der Waals surface area contributed by atoms with Crippen LogP contribution in [0.2, 0.25) is 0 Å². The third-order valence-electron chi connectivity index (χ3n) is 4.17. The molecule has 3 rings (SSSR count). The number of ether oxygens (including phenoxy) is 1. The molecule has 1 atom stereocenters. The molecule has 3 aromatic rings. The van der Waals surface area contributed by atoms with Crippen LogP contribution in [-0.4, -0.2) is 30.9 Å². The van der Waals surface area contributed by atoms with Crippen molar-refractivity contribution in [3.05, 3.63) is 72.2 Å². The summed E-state index contributed by atoms with van der Waals surface area (Å²) in [4.78, 5) is 35.5. The fourth-order valence-corrected chi connectivity index (χ4v) is 2.83. The lowest BCUT2D eigenvalue weighted by Gasteiger charge is -2.16. The molecule has 0 bridgehead atoms. The Bertz CT molecular complexity index is 976. The van der Waals surface area contributed by atoms with Crippen molar-refractivity contribution in [3.63, 3.8) is 0 Å². The number of benzene rings is 2. The molecular formula is C21H20N2O5. The molecule has 1 unspecified atom stereocenters. The van der Waals surface area contributed by atoms with E-state index in [-0.39, 0.29) is 18.3 Å². The lowest BCUT2D eigenvalue weighted by Crippen LogP contribution is -2.34. The van der Waals surface area contributed by atoms with Crippen LogP contribution in [-0.2, 0) is 14.3 Å². The van der Waals surface area contributed by atoms with Crippen molar-refractivity contribution in [1.29, 1.82) is 0 Å². The summed E-state index contributed by atoms with van der Waals surface area (Å²) in [5.41, 5.74) is 0.975. The number of furan rings is 1. The maximum Gasteiger partial charge on any atom is 0.325 e. The van der Waals surface area contributed by atoms with Crippen LogP contribution < -0.4 is 10.6 Å². The van der Waals surface area contributed by atoms with Crippen molar-refractivity contribution in [2.24, 2.45) is 0 Å². The summed E-state index contributed by atoms with van der Waals surface area (Å²) in [6, 6.07) is 16.6. The van der Waals surface area contributed by atoms with E-state index in [1.54, 1.807) is 6.07 Å². The summed E-state index contributed by atoms with van der Waals surface area (Å²) >= 11 is 0. The molecule has 0 spiro atoms. The SMILES string of the molecule is CC(NC(=O)COC(=O)CNC(=O)c1ccco1)c1cccc2ccccc12. The second-order valence-electron chi connectivity index (χ2n) is 6.18. The van der Waals surface area contributed by atoms with Crippen LogP contribution in [0.3, 0.4) is 0 Å². The zero-order valence-corrected chi connectivity index (χ0v) is 15.3. The van der Waals surface area contributed by atoms with E-state index in [4.69, 9.17) is 9.15 Å². The van der Waals surface area contributed by atoms with Gasteiger partial charge >= 0.3 is 5.97 Å². The van der Waals surface area contributed by atoms with Gasteiger partial charge in [-0.05, 0) is 35.4 Å². The molecule has 7 heteroatoms. The summed E-state index contributed by atoms with van der Waals surface area (Å²) in [5, 5.41) is 7.30. The Kier molecular flexibility index (Phi) is 6.06. The van der Waals surface area contributed by atoms with Crippen molar-refractivity contribution >= 4 is 28.6 Å². The Morgan fingerprint density at radius 1 is 1.04 bits per heavy atom. The lowest BCUT2D eigenvalue weighted by molar-refractivity contribution is -0.147. The van der Waals surface area contributed by atoms with E-state index in [0.717, 1.165) is 16.3 Å². The first kappa shape index (κ1) is 19.2. The van der Waals surface area contributed by atoms with E-state index in [1.165, 1.54) is 12.3 Å². The van der Waals surface area contributed by atoms with Crippen LogP contribution >= 0.6 is 0 Å². The van der Waals surface area contributed by atoms with E-state index >= 15 is 0 Å². The highest BCUT2D eigenvalue weighted by atomic mass is 16.5. The van der Waals surface area contributed by atoms with Gasteiger partial charge in [-0.15, -0.1) is 0 Å². The van der Waals surface area contributed by atoms with Crippen molar-refractivity contribution in [2.45, 2.75) is 13.0 Å². The van der Waals surface area contributed by atoms with Gasteiger partial charge in [-0.25, -0.2) is 0 Å². The van der Waals surface area contributed by atoms with E-state index in [9.17, 15) is 14.4 Å². The Balaban J connectivity index is 1.47. The quantitative estimate of drug-likeness (QED) is 0.614. The molecule has 0 saturated heterocycles. The highest BCUT2D eigenvalue weighted by Crippen LogP contribution is 2.23. The molecule has 1 heterocycles. The second kappa shape index (κ2) is 8.85. The second-order valence-corrected chi connectivity index (χ2v) is 6.18. The molecule has 0 fully saturated rings. The number of carbonyl (C=O) groups is 3. The lowest BCUT2D eigenvalue weighted by atomic mass is 10.00. The standard InChI is InChI=1S/C21H20N2O5/c1-14(16-9-4-7-15-6-2-3-8-17(15)16)23-19(24)13-28-20(25)12-22-21(26)18-10-5-11-27-18/h2-11,14H,12-13H2,1H3,(H,22,26)(H,23,24). The monoisotopic (exact) mass is 380 g/mol. The molecule has 0 aliphatic rings. The minimum atomic E-state index is -0.715. The fraction of sp³-hybridized carbons (Fsp3) is 0.190. The molecule has 144 valence electrons. The number of hydrogen-bond donors (Lipinski definition) is 2. The minimum absolute atomic E-state index is 0.0921. The van der Waals surface area contributed by atoms with Gasteiger partial charge in [0, 0.05) is 0 Å². The number of amides is 2. The third-order valence-corrected chi connectivity index (χ3v) is 4.17. The molecule has 0 aliphatic heterocycles. The van der Waals surface area contributed by atoms with Crippen molar-refractivity contribution in [2.75, 3.05) is 13.2 Å².